The van der Waals surface area contributed by atoms with Crippen molar-refractivity contribution in [1.29, 1.82) is 0 Å². The first-order chi connectivity index (χ1) is 15.4. The summed E-state index contributed by atoms with van der Waals surface area (Å²) in [5, 5.41) is 19.2. The van der Waals surface area contributed by atoms with Crippen molar-refractivity contribution in [1.82, 2.24) is 24.2 Å². The zero-order valence-corrected chi connectivity index (χ0v) is 19.5. The minimum absolute atomic E-state index is 0.0117. The fraction of sp³-hybridized carbons (Fsp3) is 0.609. The van der Waals surface area contributed by atoms with Gasteiger partial charge >= 0.3 is 5.69 Å². The maximum Gasteiger partial charge on any atom is 0.331 e. The molecule has 172 valence electrons. The molecule has 0 spiro atoms. The molecule has 0 bridgehead atoms. The number of hydrogen-bond donors (Lipinski definition) is 2. The van der Waals surface area contributed by atoms with Crippen LogP contribution in [0.2, 0.25) is 0 Å². The van der Waals surface area contributed by atoms with Crippen LogP contribution in [0.1, 0.15) is 85.2 Å². The lowest BCUT2D eigenvalue weighted by molar-refractivity contribution is 0.0925. The Kier molecular flexibility index (Phi) is 5.61. The molecule has 2 aliphatic rings. The minimum Gasteiger partial charge on any atom is -0.493 e. The Morgan fingerprint density at radius 1 is 1.12 bits per heavy atom. The van der Waals surface area contributed by atoms with Crippen LogP contribution in [-0.4, -0.2) is 36.0 Å². The summed E-state index contributed by atoms with van der Waals surface area (Å²) in [4.78, 5) is 27.1. The van der Waals surface area contributed by atoms with E-state index >= 15 is 0 Å². The molecule has 0 aromatic carbocycles. The van der Waals surface area contributed by atoms with Crippen LogP contribution in [0.3, 0.4) is 0 Å². The summed E-state index contributed by atoms with van der Waals surface area (Å²) < 4.78 is 5.05. The van der Waals surface area contributed by atoms with Crippen LogP contribution in [0.25, 0.3) is 10.2 Å². The van der Waals surface area contributed by atoms with Crippen LogP contribution in [-0.2, 0) is 7.05 Å². The van der Waals surface area contributed by atoms with Gasteiger partial charge in [-0.1, -0.05) is 19.3 Å². The quantitative estimate of drug-likeness (QED) is 0.618. The van der Waals surface area contributed by atoms with Gasteiger partial charge in [-0.3, -0.25) is 18.6 Å². The SMILES string of the molecule is Cc1nn(C2CCCCC2)c2sc(C(=O)NC3CCC(n4c(O)cn(C)c4=O)CC3)cc12. The summed E-state index contributed by atoms with van der Waals surface area (Å²) in [5.74, 6) is -0.0124. The Labute approximate surface area is 190 Å². The first kappa shape index (κ1) is 21.3. The van der Waals surface area contributed by atoms with Gasteiger partial charge in [0.1, 0.15) is 4.83 Å². The number of aromatic hydroxyl groups is 1. The van der Waals surface area contributed by atoms with Crippen LogP contribution in [0.5, 0.6) is 5.88 Å². The summed E-state index contributed by atoms with van der Waals surface area (Å²) in [5.41, 5.74) is 0.803. The van der Waals surface area contributed by atoms with Crippen LogP contribution < -0.4 is 11.0 Å². The number of hydrogen-bond acceptors (Lipinski definition) is 5. The third-order valence-corrected chi connectivity index (χ3v) is 8.30. The molecular formula is C23H31N5O3S. The molecule has 3 aromatic rings. The Bertz CT molecular complexity index is 1190. The highest BCUT2D eigenvalue weighted by Gasteiger charge is 2.28. The molecule has 2 N–H and O–H groups in total. The number of imidazole rings is 1. The number of nitrogens with one attached hydrogen (secondary N) is 1. The second-order valence-corrected chi connectivity index (χ2v) is 10.4. The van der Waals surface area contributed by atoms with E-state index in [2.05, 4.69) is 10.00 Å². The van der Waals surface area contributed by atoms with E-state index in [1.807, 2.05) is 13.0 Å². The van der Waals surface area contributed by atoms with Crippen LogP contribution >= 0.6 is 11.3 Å². The molecule has 2 fully saturated rings. The standard InChI is InChI=1S/C23H31N5O3S/c1-14-18-12-19(32-22(18)28(25-14)17-6-4-3-5-7-17)21(30)24-15-8-10-16(11-9-15)27-20(29)13-26(2)23(27)31/h12-13,15-17,29H,3-11H2,1-2H3,(H,24,30). The summed E-state index contributed by atoms with van der Waals surface area (Å²) in [7, 11) is 1.64. The molecule has 3 aromatic heterocycles. The van der Waals surface area contributed by atoms with Gasteiger partial charge in [0.15, 0.2) is 0 Å². The van der Waals surface area contributed by atoms with E-state index in [0.717, 1.165) is 46.5 Å². The van der Waals surface area contributed by atoms with Gasteiger partial charge in [0.05, 0.1) is 22.8 Å². The number of thiophene rings is 1. The average Bonchev–Trinajstić information content (AvgIpc) is 3.43. The first-order valence-corrected chi connectivity index (χ1v) is 12.5. The van der Waals surface area contributed by atoms with E-state index in [1.54, 1.807) is 18.4 Å². The monoisotopic (exact) mass is 457 g/mol. The molecule has 0 saturated heterocycles. The van der Waals surface area contributed by atoms with Crippen molar-refractivity contribution in [2.24, 2.45) is 7.05 Å². The van der Waals surface area contributed by atoms with Crippen molar-refractivity contribution >= 4 is 27.5 Å². The molecule has 0 atom stereocenters. The van der Waals surface area contributed by atoms with Crippen molar-refractivity contribution in [2.45, 2.75) is 82.8 Å². The third-order valence-electron chi connectivity index (χ3n) is 7.17. The molecule has 0 unspecified atom stereocenters. The third kappa shape index (κ3) is 3.76. The van der Waals surface area contributed by atoms with Gasteiger partial charge in [0.25, 0.3) is 5.91 Å². The highest BCUT2D eigenvalue weighted by atomic mass is 32.1. The van der Waals surface area contributed by atoms with Crippen LogP contribution in [0, 0.1) is 6.92 Å². The number of aryl methyl sites for hydroxylation is 2. The second kappa shape index (κ2) is 8.42. The normalized spacial score (nSPS) is 22.4. The predicted molar refractivity (Wildman–Crippen MR) is 125 cm³/mol. The molecule has 1 amide bonds. The zero-order valence-electron chi connectivity index (χ0n) is 18.7. The largest absolute Gasteiger partial charge is 0.493 e. The van der Waals surface area contributed by atoms with Crippen molar-refractivity contribution in [3.63, 3.8) is 0 Å². The zero-order chi connectivity index (χ0) is 22.4. The molecule has 0 radical (unpaired) electrons. The van der Waals surface area contributed by atoms with E-state index in [9.17, 15) is 14.7 Å². The minimum atomic E-state index is -0.192. The number of nitrogens with zero attached hydrogens (tertiary/aromatic N) is 4. The fourth-order valence-electron chi connectivity index (χ4n) is 5.39. The van der Waals surface area contributed by atoms with Gasteiger partial charge in [0, 0.05) is 24.5 Å². The summed E-state index contributed by atoms with van der Waals surface area (Å²) >= 11 is 1.55. The Morgan fingerprint density at radius 2 is 1.84 bits per heavy atom. The van der Waals surface area contributed by atoms with E-state index in [0.29, 0.717) is 6.04 Å². The maximum atomic E-state index is 13.0. The highest BCUT2D eigenvalue weighted by Crippen LogP contribution is 2.36. The maximum absolute atomic E-state index is 13.0. The topological polar surface area (TPSA) is 94.1 Å². The van der Waals surface area contributed by atoms with Crippen molar-refractivity contribution < 1.29 is 9.90 Å². The van der Waals surface area contributed by atoms with Crippen LogP contribution in [0.4, 0.5) is 0 Å². The second-order valence-electron chi connectivity index (χ2n) is 9.38. The van der Waals surface area contributed by atoms with E-state index < -0.39 is 0 Å². The fourth-order valence-corrected chi connectivity index (χ4v) is 6.53. The summed E-state index contributed by atoms with van der Waals surface area (Å²) in [6.07, 6.45) is 10.7. The van der Waals surface area contributed by atoms with E-state index in [-0.39, 0.29) is 29.6 Å². The van der Waals surface area contributed by atoms with Crippen molar-refractivity contribution in [3.8, 4) is 5.88 Å². The molecule has 9 heteroatoms. The molecule has 3 heterocycles. The van der Waals surface area contributed by atoms with Crippen molar-refractivity contribution in [3.05, 3.63) is 33.3 Å². The molecule has 2 saturated carbocycles. The lowest BCUT2D eigenvalue weighted by Gasteiger charge is -2.29. The van der Waals surface area contributed by atoms with E-state index in [4.69, 9.17) is 5.10 Å². The smallest absolute Gasteiger partial charge is 0.331 e. The van der Waals surface area contributed by atoms with Gasteiger partial charge in [0.2, 0.25) is 5.88 Å². The van der Waals surface area contributed by atoms with Crippen LogP contribution in [0.15, 0.2) is 17.1 Å². The number of aromatic nitrogens is 4. The molecular weight excluding hydrogens is 426 g/mol. The van der Waals surface area contributed by atoms with E-state index in [1.165, 1.54) is 47.4 Å². The average molecular weight is 458 g/mol. The highest BCUT2D eigenvalue weighted by molar-refractivity contribution is 7.20. The lowest BCUT2D eigenvalue weighted by atomic mass is 9.91. The Balaban J connectivity index is 1.26. The number of rotatable bonds is 4. The molecule has 0 aliphatic heterocycles. The van der Waals surface area contributed by atoms with Gasteiger partial charge in [-0.05, 0) is 51.5 Å². The number of carbonyl (C=O) groups excluding carboxylic acids is 1. The molecule has 8 nitrogen and oxygen atoms in total. The number of carbonyl (C=O) groups is 1. The first-order valence-electron chi connectivity index (χ1n) is 11.7. The molecule has 5 rings (SSSR count). The summed E-state index contributed by atoms with van der Waals surface area (Å²) in [6, 6.07) is 2.50. The number of amides is 1. The van der Waals surface area contributed by atoms with Crippen molar-refractivity contribution in [2.75, 3.05) is 0 Å². The number of fused-ring (bicyclic) bond motifs is 1. The van der Waals surface area contributed by atoms with Gasteiger partial charge in [-0.15, -0.1) is 11.3 Å². The predicted octanol–water partition coefficient (Wildman–Crippen LogP) is 4.03. The van der Waals surface area contributed by atoms with Gasteiger partial charge in [-0.2, -0.15) is 5.10 Å². The van der Waals surface area contributed by atoms with Gasteiger partial charge in [-0.25, -0.2) is 4.79 Å². The molecule has 2 aliphatic carbocycles. The lowest BCUT2D eigenvalue weighted by Crippen LogP contribution is -2.39. The Hall–Kier alpha value is -2.55. The Morgan fingerprint density at radius 3 is 2.50 bits per heavy atom. The summed E-state index contributed by atoms with van der Waals surface area (Å²) in [6.45, 7) is 2.03. The van der Waals surface area contributed by atoms with Gasteiger partial charge < -0.3 is 10.4 Å². The molecule has 32 heavy (non-hydrogen) atoms.